The fourth-order valence-electron chi connectivity index (χ4n) is 0.987. The molecule has 2 heteroatoms. The summed E-state index contributed by atoms with van der Waals surface area (Å²) in [6.07, 6.45) is 2.88. The van der Waals surface area contributed by atoms with Crippen LogP contribution in [0.3, 0.4) is 0 Å². The molecule has 0 saturated heterocycles. The number of benzene rings is 1. The van der Waals surface area contributed by atoms with Gasteiger partial charge in [-0.05, 0) is 18.6 Å². The summed E-state index contributed by atoms with van der Waals surface area (Å²) in [5.41, 5.74) is 2.07. The molecule has 2 nitrogen and oxygen atoms in total. The first-order valence-electron chi connectivity index (χ1n) is 4.17. The molecular weight excluding hydrogens is 148 g/mol. The van der Waals surface area contributed by atoms with E-state index in [1.165, 1.54) is 0 Å². The van der Waals surface area contributed by atoms with E-state index in [9.17, 15) is 0 Å². The molecule has 1 aromatic carbocycles. The molecule has 0 aromatic heterocycles. The van der Waals surface area contributed by atoms with Gasteiger partial charge in [0.15, 0.2) is 0 Å². The Bertz CT molecular complexity index is 266. The zero-order chi connectivity index (χ0) is 8.81. The largest absolute Gasteiger partial charge is 0.386 e. The number of nitrogens with one attached hydrogen (secondary N) is 1. The van der Waals surface area contributed by atoms with Crippen LogP contribution >= 0.6 is 0 Å². The molecule has 0 aliphatic rings. The third-order valence-corrected chi connectivity index (χ3v) is 1.59. The van der Waals surface area contributed by atoms with Gasteiger partial charge in [-0.3, -0.25) is 4.99 Å². The van der Waals surface area contributed by atoms with Crippen LogP contribution in [0, 0.1) is 0 Å². The van der Waals surface area contributed by atoms with Gasteiger partial charge in [0.2, 0.25) is 0 Å². The first kappa shape index (κ1) is 8.78. The summed E-state index contributed by atoms with van der Waals surface area (Å²) in [5, 5.41) is 3.09. The second-order valence-electron chi connectivity index (χ2n) is 2.49. The molecule has 1 rings (SSSR count). The smallest absolute Gasteiger partial charge is 0.0856 e. The highest BCUT2D eigenvalue weighted by Crippen LogP contribution is 2.22. The van der Waals surface area contributed by atoms with Gasteiger partial charge in [-0.25, -0.2) is 0 Å². The van der Waals surface area contributed by atoms with E-state index in [2.05, 4.69) is 17.2 Å². The molecule has 0 atom stereocenters. The summed E-state index contributed by atoms with van der Waals surface area (Å²) < 4.78 is 0. The lowest BCUT2D eigenvalue weighted by molar-refractivity contribution is 1.31. The Morgan fingerprint density at radius 1 is 1.42 bits per heavy atom. The van der Waals surface area contributed by atoms with Crippen LogP contribution in [0.15, 0.2) is 29.3 Å². The van der Waals surface area contributed by atoms with E-state index in [4.69, 9.17) is 0 Å². The SMILES string of the molecule is CCC=Nc1ccccc1NC. The molecule has 0 saturated carbocycles. The standard InChI is InChI=1S/C10H14N2/c1-3-8-12-10-7-5-4-6-9(10)11-2/h4-8,11H,3H2,1-2H3. The number of rotatable bonds is 3. The van der Waals surface area contributed by atoms with Crippen LogP contribution in [0.4, 0.5) is 11.4 Å². The molecule has 0 radical (unpaired) electrons. The van der Waals surface area contributed by atoms with Crippen molar-refractivity contribution in [2.45, 2.75) is 13.3 Å². The first-order valence-corrected chi connectivity index (χ1v) is 4.17. The predicted octanol–water partition coefficient (Wildman–Crippen LogP) is 2.84. The number of anilines is 1. The Kier molecular flexibility index (Phi) is 3.33. The van der Waals surface area contributed by atoms with Crippen molar-refractivity contribution >= 4 is 17.6 Å². The summed E-state index contributed by atoms with van der Waals surface area (Å²) in [6, 6.07) is 8.00. The molecule has 1 N–H and O–H groups in total. The second-order valence-corrected chi connectivity index (χ2v) is 2.49. The van der Waals surface area contributed by atoms with E-state index in [-0.39, 0.29) is 0 Å². The van der Waals surface area contributed by atoms with Gasteiger partial charge in [-0.1, -0.05) is 19.1 Å². The second kappa shape index (κ2) is 4.54. The third kappa shape index (κ3) is 2.09. The molecule has 1 aromatic rings. The van der Waals surface area contributed by atoms with Crippen molar-refractivity contribution in [3.8, 4) is 0 Å². The monoisotopic (exact) mass is 162 g/mol. The maximum absolute atomic E-state index is 4.31. The molecule has 64 valence electrons. The number of hydrogen-bond acceptors (Lipinski definition) is 2. The third-order valence-electron chi connectivity index (χ3n) is 1.59. The van der Waals surface area contributed by atoms with Crippen molar-refractivity contribution in [3.05, 3.63) is 24.3 Å². The van der Waals surface area contributed by atoms with Crippen molar-refractivity contribution in [1.29, 1.82) is 0 Å². The van der Waals surface area contributed by atoms with Crippen LogP contribution in [0.1, 0.15) is 13.3 Å². The fourth-order valence-corrected chi connectivity index (χ4v) is 0.987. The van der Waals surface area contributed by atoms with Crippen LogP contribution in [0.2, 0.25) is 0 Å². The van der Waals surface area contributed by atoms with Crippen molar-refractivity contribution in [1.82, 2.24) is 0 Å². The van der Waals surface area contributed by atoms with Crippen molar-refractivity contribution in [2.24, 2.45) is 4.99 Å². The molecule has 0 aliphatic heterocycles. The Balaban J connectivity index is 2.89. The highest BCUT2D eigenvalue weighted by Gasteiger charge is 1.93. The predicted molar refractivity (Wildman–Crippen MR) is 54.4 cm³/mol. The van der Waals surface area contributed by atoms with Crippen LogP contribution in [0.25, 0.3) is 0 Å². The van der Waals surface area contributed by atoms with Gasteiger partial charge in [0.05, 0.1) is 11.4 Å². The Morgan fingerprint density at radius 2 is 2.17 bits per heavy atom. The van der Waals surface area contributed by atoms with Gasteiger partial charge in [0, 0.05) is 13.3 Å². The average molecular weight is 162 g/mol. The first-order chi connectivity index (χ1) is 5.88. The van der Waals surface area contributed by atoms with Crippen molar-refractivity contribution < 1.29 is 0 Å². The summed E-state index contributed by atoms with van der Waals surface area (Å²) >= 11 is 0. The molecule has 0 fully saturated rings. The molecule has 0 bridgehead atoms. The summed E-state index contributed by atoms with van der Waals surface area (Å²) in [7, 11) is 1.90. The normalized spacial score (nSPS) is 10.5. The minimum absolute atomic E-state index is 0.970. The van der Waals surface area contributed by atoms with Gasteiger partial charge in [0.25, 0.3) is 0 Å². The van der Waals surface area contributed by atoms with Gasteiger partial charge in [-0.2, -0.15) is 0 Å². The molecule has 0 heterocycles. The maximum atomic E-state index is 4.31. The van der Waals surface area contributed by atoms with Gasteiger partial charge in [0.1, 0.15) is 0 Å². The maximum Gasteiger partial charge on any atom is 0.0856 e. The minimum atomic E-state index is 0.970. The highest BCUT2D eigenvalue weighted by molar-refractivity contribution is 5.71. The Morgan fingerprint density at radius 3 is 2.83 bits per heavy atom. The summed E-state index contributed by atoms with van der Waals surface area (Å²) in [4.78, 5) is 4.31. The lowest BCUT2D eigenvalue weighted by atomic mass is 10.3. The fraction of sp³-hybridized carbons (Fsp3) is 0.300. The molecule has 0 spiro atoms. The van der Waals surface area contributed by atoms with E-state index in [0.717, 1.165) is 17.8 Å². The van der Waals surface area contributed by atoms with E-state index >= 15 is 0 Å². The van der Waals surface area contributed by atoms with Crippen molar-refractivity contribution in [3.63, 3.8) is 0 Å². The molecule has 0 aliphatic carbocycles. The zero-order valence-corrected chi connectivity index (χ0v) is 7.54. The van der Waals surface area contributed by atoms with Crippen LogP contribution in [-0.4, -0.2) is 13.3 Å². The van der Waals surface area contributed by atoms with Gasteiger partial charge >= 0.3 is 0 Å². The van der Waals surface area contributed by atoms with Crippen molar-refractivity contribution in [2.75, 3.05) is 12.4 Å². The van der Waals surface area contributed by atoms with Gasteiger partial charge < -0.3 is 5.32 Å². The Hall–Kier alpha value is -1.31. The molecular formula is C10H14N2. The molecule has 12 heavy (non-hydrogen) atoms. The van der Waals surface area contributed by atoms with Gasteiger partial charge in [-0.15, -0.1) is 0 Å². The lowest BCUT2D eigenvalue weighted by Gasteiger charge is -2.02. The topological polar surface area (TPSA) is 24.4 Å². The number of aliphatic imine (C=N–C) groups is 1. The summed E-state index contributed by atoms with van der Waals surface area (Å²) in [6.45, 7) is 2.07. The van der Waals surface area contributed by atoms with Crippen LogP contribution < -0.4 is 5.32 Å². The number of nitrogens with zero attached hydrogens (tertiary/aromatic N) is 1. The molecule has 0 unspecified atom stereocenters. The van der Waals surface area contributed by atoms with E-state index in [1.54, 1.807) is 0 Å². The van der Waals surface area contributed by atoms with E-state index in [0.29, 0.717) is 0 Å². The minimum Gasteiger partial charge on any atom is -0.386 e. The van der Waals surface area contributed by atoms with E-state index < -0.39 is 0 Å². The summed E-state index contributed by atoms with van der Waals surface area (Å²) in [5.74, 6) is 0. The number of hydrogen-bond donors (Lipinski definition) is 1. The zero-order valence-electron chi connectivity index (χ0n) is 7.54. The number of para-hydroxylation sites is 2. The van der Waals surface area contributed by atoms with Crippen LogP contribution in [-0.2, 0) is 0 Å². The van der Waals surface area contributed by atoms with E-state index in [1.807, 2.05) is 37.5 Å². The molecule has 0 amide bonds. The average Bonchev–Trinajstić information content (AvgIpc) is 2.15. The van der Waals surface area contributed by atoms with Crippen LogP contribution in [0.5, 0.6) is 0 Å². The quantitative estimate of drug-likeness (QED) is 0.679. The highest BCUT2D eigenvalue weighted by atomic mass is 14.9. The Labute approximate surface area is 73.3 Å². The lowest BCUT2D eigenvalue weighted by Crippen LogP contribution is -1.87.